The van der Waals surface area contributed by atoms with Gasteiger partial charge in [0.1, 0.15) is 0 Å². The summed E-state index contributed by atoms with van der Waals surface area (Å²) in [7, 11) is 0. The number of hydrogen-bond donors (Lipinski definition) is 1. The van der Waals surface area contributed by atoms with E-state index in [1.807, 2.05) is 0 Å². The van der Waals surface area contributed by atoms with Gasteiger partial charge in [0.2, 0.25) is 0 Å². The molecule has 1 aromatic rings. The van der Waals surface area contributed by atoms with Crippen molar-refractivity contribution in [2.75, 3.05) is 13.1 Å². The van der Waals surface area contributed by atoms with E-state index in [-0.39, 0.29) is 0 Å². The van der Waals surface area contributed by atoms with Gasteiger partial charge in [0.25, 0.3) is 0 Å². The summed E-state index contributed by atoms with van der Waals surface area (Å²) >= 11 is 0. The predicted molar refractivity (Wildman–Crippen MR) is 65.2 cm³/mol. The van der Waals surface area contributed by atoms with Crippen molar-refractivity contribution in [3.63, 3.8) is 0 Å². The summed E-state index contributed by atoms with van der Waals surface area (Å²) in [5, 5.41) is 3.46. The van der Waals surface area contributed by atoms with E-state index in [4.69, 9.17) is 0 Å². The third-order valence-electron chi connectivity index (χ3n) is 3.57. The Morgan fingerprint density at radius 3 is 2.73 bits per heavy atom. The lowest BCUT2D eigenvalue weighted by molar-refractivity contribution is 0.362. The van der Waals surface area contributed by atoms with Crippen molar-refractivity contribution in [1.82, 2.24) is 5.32 Å². The van der Waals surface area contributed by atoms with Crippen LogP contribution >= 0.6 is 0 Å². The summed E-state index contributed by atoms with van der Waals surface area (Å²) in [5.74, 6) is 0. The van der Waals surface area contributed by atoms with Crippen LogP contribution in [0, 0.1) is 19.3 Å². The molecule has 0 amide bonds. The molecule has 0 radical (unpaired) electrons. The van der Waals surface area contributed by atoms with Crippen molar-refractivity contribution >= 4 is 0 Å². The molecule has 1 atom stereocenters. The molecule has 0 aliphatic carbocycles. The molecule has 0 spiro atoms. The van der Waals surface area contributed by atoms with Crippen molar-refractivity contribution in [1.29, 1.82) is 0 Å². The van der Waals surface area contributed by atoms with Crippen LogP contribution in [0.4, 0.5) is 0 Å². The predicted octanol–water partition coefficient (Wildman–Crippen LogP) is 2.85. The Bertz CT molecular complexity index is 348. The smallest absolute Gasteiger partial charge is 0.000883 e. The van der Waals surface area contributed by atoms with Crippen molar-refractivity contribution in [3.8, 4) is 0 Å². The highest BCUT2D eigenvalue weighted by Crippen LogP contribution is 2.30. The average molecular weight is 203 g/mol. The third-order valence-corrected chi connectivity index (χ3v) is 3.57. The minimum Gasteiger partial charge on any atom is -0.316 e. The van der Waals surface area contributed by atoms with E-state index in [1.54, 1.807) is 0 Å². The zero-order chi connectivity index (χ0) is 10.9. The van der Waals surface area contributed by atoms with Gasteiger partial charge in [-0.15, -0.1) is 0 Å². The van der Waals surface area contributed by atoms with E-state index in [0.29, 0.717) is 5.41 Å². The maximum atomic E-state index is 3.46. The lowest BCUT2D eigenvalue weighted by Crippen LogP contribution is -2.23. The van der Waals surface area contributed by atoms with Crippen LogP contribution in [0.25, 0.3) is 0 Å². The summed E-state index contributed by atoms with van der Waals surface area (Å²) in [6.07, 6.45) is 2.52. The molecule has 1 nitrogen and oxygen atoms in total. The van der Waals surface area contributed by atoms with Crippen LogP contribution in [-0.4, -0.2) is 13.1 Å². The Kier molecular flexibility index (Phi) is 2.83. The summed E-state index contributed by atoms with van der Waals surface area (Å²) in [6.45, 7) is 9.14. The van der Waals surface area contributed by atoms with Gasteiger partial charge < -0.3 is 5.32 Å². The molecule has 0 aromatic heterocycles. The van der Waals surface area contributed by atoms with Gasteiger partial charge in [0, 0.05) is 6.54 Å². The average Bonchev–Trinajstić information content (AvgIpc) is 2.58. The second-order valence-electron chi connectivity index (χ2n) is 5.34. The first kappa shape index (κ1) is 10.7. The molecule has 1 fully saturated rings. The monoisotopic (exact) mass is 203 g/mol. The second kappa shape index (κ2) is 3.97. The van der Waals surface area contributed by atoms with E-state index in [9.17, 15) is 0 Å². The number of rotatable bonds is 2. The zero-order valence-corrected chi connectivity index (χ0v) is 10.1. The molecular formula is C14H21N. The van der Waals surface area contributed by atoms with Crippen molar-refractivity contribution in [2.24, 2.45) is 5.41 Å². The highest BCUT2D eigenvalue weighted by atomic mass is 14.9. The first-order valence-electron chi connectivity index (χ1n) is 5.86. The zero-order valence-electron chi connectivity index (χ0n) is 10.1. The number of benzene rings is 1. The molecule has 1 saturated heterocycles. The fourth-order valence-corrected chi connectivity index (χ4v) is 2.52. The summed E-state index contributed by atoms with van der Waals surface area (Å²) in [5.41, 5.74) is 4.81. The molecular weight excluding hydrogens is 182 g/mol. The Morgan fingerprint density at radius 1 is 1.33 bits per heavy atom. The van der Waals surface area contributed by atoms with Gasteiger partial charge in [0.05, 0.1) is 0 Å². The van der Waals surface area contributed by atoms with Gasteiger partial charge in [-0.3, -0.25) is 0 Å². The first-order chi connectivity index (χ1) is 7.09. The Balaban J connectivity index is 2.16. The maximum absolute atomic E-state index is 3.46. The second-order valence-corrected chi connectivity index (χ2v) is 5.34. The molecule has 15 heavy (non-hydrogen) atoms. The molecule has 1 heteroatoms. The van der Waals surface area contributed by atoms with E-state index < -0.39 is 0 Å². The van der Waals surface area contributed by atoms with Crippen LogP contribution in [0.5, 0.6) is 0 Å². The molecule has 1 aliphatic heterocycles. The van der Waals surface area contributed by atoms with Gasteiger partial charge in [-0.1, -0.05) is 30.7 Å². The summed E-state index contributed by atoms with van der Waals surface area (Å²) in [4.78, 5) is 0. The molecule has 1 aromatic carbocycles. The molecule has 82 valence electrons. The van der Waals surface area contributed by atoms with Gasteiger partial charge in [-0.25, -0.2) is 0 Å². The SMILES string of the molecule is Cc1ccc(CC2(C)CCNC2)c(C)c1. The molecule has 0 saturated carbocycles. The highest BCUT2D eigenvalue weighted by molar-refractivity contribution is 5.31. The molecule has 1 aliphatic rings. The largest absolute Gasteiger partial charge is 0.316 e. The van der Waals surface area contributed by atoms with E-state index in [1.165, 1.54) is 42.6 Å². The number of aryl methyl sites for hydroxylation is 2. The topological polar surface area (TPSA) is 12.0 Å². The molecule has 2 rings (SSSR count). The van der Waals surface area contributed by atoms with Gasteiger partial charge in [-0.05, 0) is 49.8 Å². The van der Waals surface area contributed by atoms with Crippen LogP contribution in [-0.2, 0) is 6.42 Å². The van der Waals surface area contributed by atoms with Gasteiger partial charge >= 0.3 is 0 Å². The summed E-state index contributed by atoms with van der Waals surface area (Å²) in [6, 6.07) is 6.82. The van der Waals surface area contributed by atoms with Crippen LogP contribution in [0.1, 0.15) is 30.0 Å². The van der Waals surface area contributed by atoms with E-state index in [0.717, 1.165) is 0 Å². The van der Waals surface area contributed by atoms with E-state index in [2.05, 4.69) is 44.3 Å². The van der Waals surface area contributed by atoms with Gasteiger partial charge in [-0.2, -0.15) is 0 Å². The molecule has 1 unspecified atom stereocenters. The molecule has 1 heterocycles. The summed E-state index contributed by atoms with van der Waals surface area (Å²) < 4.78 is 0. The fourth-order valence-electron chi connectivity index (χ4n) is 2.52. The Morgan fingerprint density at radius 2 is 2.13 bits per heavy atom. The lowest BCUT2D eigenvalue weighted by Gasteiger charge is -2.23. The Labute approximate surface area is 92.9 Å². The molecule has 1 N–H and O–H groups in total. The van der Waals surface area contributed by atoms with Crippen molar-refractivity contribution in [2.45, 2.75) is 33.6 Å². The lowest BCUT2D eigenvalue weighted by atomic mass is 9.81. The Hall–Kier alpha value is -0.820. The van der Waals surface area contributed by atoms with Crippen molar-refractivity contribution < 1.29 is 0 Å². The van der Waals surface area contributed by atoms with Crippen LogP contribution in [0.15, 0.2) is 18.2 Å². The minimum absolute atomic E-state index is 0.472. The first-order valence-corrected chi connectivity index (χ1v) is 5.86. The highest BCUT2D eigenvalue weighted by Gasteiger charge is 2.28. The maximum Gasteiger partial charge on any atom is 0.000883 e. The quantitative estimate of drug-likeness (QED) is 0.779. The van der Waals surface area contributed by atoms with Crippen LogP contribution in [0.3, 0.4) is 0 Å². The minimum atomic E-state index is 0.472. The number of hydrogen-bond acceptors (Lipinski definition) is 1. The van der Waals surface area contributed by atoms with Crippen molar-refractivity contribution in [3.05, 3.63) is 34.9 Å². The van der Waals surface area contributed by atoms with Gasteiger partial charge in [0.15, 0.2) is 0 Å². The fraction of sp³-hybridized carbons (Fsp3) is 0.571. The molecule has 0 bridgehead atoms. The van der Waals surface area contributed by atoms with Crippen LogP contribution < -0.4 is 5.32 Å². The van der Waals surface area contributed by atoms with E-state index >= 15 is 0 Å². The third kappa shape index (κ3) is 2.40. The normalized spacial score (nSPS) is 25.8. The number of nitrogens with one attached hydrogen (secondary N) is 1. The van der Waals surface area contributed by atoms with Crippen LogP contribution in [0.2, 0.25) is 0 Å². The standard InChI is InChI=1S/C14H21N/c1-11-4-5-13(12(2)8-11)9-14(3)6-7-15-10-14/h4-5,8,15H,6-7,9-10H2,1-3H3.